The van der Waals surface area contributed by atoms with Gasteiger partial charge in [-0.3, -0.25) is 0 Å². The first-order valence-corrected chi connectivity index (χ1v) is 8.03. The number of rotatable bonds is 3. The molecule has 2 N–H and O–H groups in total. The number of benzene rings is 2. The molecule has 0 aliphatic carbocycles. The Labute approximate surface area is 150 Å². The van der Waals surface area contributed by atoms with Gasteiger partial charge in [-0.25, -0.2) is 4.98 Å². The minimum Gasteiger partial charge on any atom is -0.497 e. The highest BCUT2D eigenvalue weighted by Crippen LogP contribution is 2.34. The molecule has 0 unspecified atom stereocenters. The number of ether oxygens (including phenoxy) is 1. The molecule has 0 atom stereocenters. The van der Waals surface area contributed by atoms with E-state index in [4.69, 9.17) is 14.9 Å². The zero-order chi connectivity index (χ0) is 18.1. The Balaban J connectivity index is 1.89. The summed E-state index contributed by atoms with van der Waals surface area (Å²) in [5, 5.41) is 10.5. The fourth-order valence-electron chi connectivity index (χ4n) is 2.91. The van der Waals surface area contributed by atoms with Crippen LogP contribution >= 0.6 is 0 Å². The number of nitrogen functional groups attached to an aromatic ring is 1. The summed E-state index contributed by atoms with van der Waals surface area (Å²) >= 11 is 0. The number of hydrogen-bond donors (Lipinski definition) is 1. The number of nitrogens with two attached hydrogens (primary N) is 1. The van der Waals surface area contributed by atoms with Crippen molar-refractivity contribution in [2.24, 2.45) is 0 Å². The number of aromatic nitrogens is 1. The summed E-state index contributed by atoms with van der Waals surface area (Å²) < 4.78 is 11.1. The second kappa shape index (κ2) is 6.26. The number of methoxy groups -OCH3 is 1. The largest absolute Gasteiger partial charge is 0.497 e. The van der Waals surface area contributed by atoms with Crippen molar-refractivity contribution in [2.75, 3.05) is 12.8 Å². The van der Waals surface area contributed by atoms with Crippen LogP contribution < -0.4 is 10.5 Å². The van der Waals surface area contributed by atoms with Gasteiger partial charge >= 0.3 is 0 Å². The van der Waals surface area contributed by atoms with Crippen molar-refractivity contribution in [3.05, 3.63) is 66.2 Å². The number of furan rings is 1. The van der Waals surface area contributed by atoms with Gasteiger partial charge in [-0.15, -0.1) is 0 Å². The summed E-state index contributed by atoms with van der Waals surface area (Å²) in [6.45, 7) is 0. The first-order chi connectivity index (χ1) is 12.7. The van der Waals surface area contributed by atoms with Crippen molar-refractivity contribution >= 4 is 16.8 Å². The highest BCUT2D eigenvalue weighted by molar-refractivity contribution is 5.84. The van der Waals surface area contributed by atoms with Gasteiger partial charge in [0.25, 0.3) is 0 Å². The van der Waals surface area contributed by atoms with Gasteiger partial charge in [0.15, 0.2) is 5.76 Å². The summed E-state index contributed by atoms with van der Waals surface area (Å²) in [5.74, 6) is 1.53. The maximum atomic E-state index is 9.52. The maximum Gasteiger partial charge on any atom is 0.153 e. The van der Waals surface area contributed by atoms with E-state index in [0.29, 0.717) is 22.6 Å². The van der Waals surface area contributed by atoms with Crippen molar-refractivity contribution in [1.29, 1.82) is 5.26 Å². The molecule has 0 saturated carbocycles. The Morgan fingerprint density at radius 3 is 2.54 bits per heavy atom. The number of fused-ring (bicyclic) bond motifs is 1. The molecule has 0 fully saturated rings. The molecule has 0 radical (unpaired) electrons. The molecule has 0 bridgehead atoms. The van der Waals surface area contributed by atoms with Crippen LogP contribution in [0, 0.1) is 11.3 Å². The van der Waals surface area contributed by atoms with E-state index in [0.717, 1.165) is 22.3 Å². The van der Waals surface area contributed by atoms with E-state index < -0.39 is 0 Å². The lowest BCUT2D eigenvalue weighted by molar-refractivity contribution is 0.415. The van der Waals surface area contributed by atoms with Crippen LogP contribution in [0.4, 0.5) is 5.82 Å². The molecule has 0 saturated heterocycles. The fraction of sp³-hybridized carbons (Fsp3) is 0.0476. The number of pyridine rings is 1. The first kappa shape index (κ1) is 15.7. The fourth-order valence-corrected chi connectivity index (χ4v) is 2.91. The molecular formula is C21H15N3O2. The second-order valence-corrected chi connectivity index (χ2v) is 5.80. The summed E-state index contributed by atoms with van der Waals surface area (Å²) in [4.78, 5) is 4.37. The van der Waals surface area contributed by atoms with Crippen molar-refractivity contribution in [3.8, 4) is 34.4 Å². The van der Waals surface area contributed by atoms with Gasteiger partial charge in [-0.2, -0.15) is 5.26 Å². The van der Waals surface area contributed by atoms with Crippen LogP contribution in [0.5, 0.6) is 5.75 Å². The number of nitrogens with zero attached hydrogens (tertiary/aromatic N) is 2. The Morgan fingerprint density at radius 1 is 1.08 bits per heavy atom. The van der Waals surface area contributed by atoms with Crippen molar-refractivity contribution in [2.45, 2.75) is 0 Å². The molecule has 4 rings (SSSR count). The van der Waals surface area contributed by atoms with Gasteiger partial charge in [-0.1, -0.05) is 30.3 Å². The van der Waals surface area contributed by atoms with Crippen LogP contribution in [0.1, 0.15) is 5.56 Å². The molecule has 0 aliphatic heterocycles. The summed E-state index contributed by atoms with van der Waals surface area (Å²) in [7, 11) is 1.61. The lowest BCUT2D eigenvalue weighted by Gasteiger charge is -2.09. The zero-order valence-electron chi connectivity index (χ0n) is 14.1. The molecule has 5 heteroatoms. The number of nitriles is 1. The molecule has 2 aromatic carbocycles. The molecule has 26 heavy (non-hydrogen) atoms. The predicted octanol–water partition coefficient (Wildman–Crippen LogP) is 4.62. The van der Waals surface area contributed by atoms with E-state index in [1.54, 1.807) is 7.11 Å². The lowest BCUT2D eigenvalue weighted by Crippen LogP contribution is -1.99. The van der Waals surface area contributed by atoms with E-state index >= 15 is 0 Å². The Morgan fingerprint density at radius 2 is 1.85 bits per heavy atom. The van der Waals surface area contributed by atoms with Gasteiger partial charge in [0, 0.05) is 10.9 Å². The molecule has 2 aromatic heterocycles. The van der Waals surface area contributed by atoms with E-state index in [2.05, 4.69) is 11.1 Å². The molecule has 5 nitrogen and oxygen atoms in total. The quantitative estimate of drug-likeness (QED) is 0.587. The van der Waals surface area contributed by atoms with Crippen molar-refractivity contribution in [1.82, 2.24) is 4.98 Å². The van der Waals surface area contributed by atoms with Crippen LogP contribution in [0.15, 0.2) is 65.1 Å². The second-order valence-electron chi connectivity index (χ2n) is 5.80. The van der Waals surface area contributed by atoms with Crippen LogP contribution in [-0.4, -0.2) is 12.1 Å². The van der Waals surface area contributed by atoms with Crippen molar-refractivity contribution < 1.29 is 9.15 Å². The maximum absolute atomic E-state index is 9.52. The average Bonchev–Trinajstić information content (AvgIpc) is 3.11. The summed E-state index contributed by atoms with van der Waals surface area (Å²) in [6.07, 6.45) is 0. The van der Waals surface area contributed by atoms with E-state index in [9.17, 15) is 5.26 Å². The monoisotopic (exact) mass is 341 g/mol. The minimum atomic E-state index is 0.177. The van der Waals surface area contributed by atoms with Gasteiger partial charge < -0.3 is 14.9 Å². The predicted molar refractivity (Wildman–Crippen MR) is 101 cm³/mol. The van der Waals surface area contributed by atoms with Crippen LogP contribution in [0.3, 0.4) is 0 Å². The van der Waals surface area contributed by atoms with Crippen LogP contribution in [0.25, 0.3) is 33.6 Å². The van der Waals surface area contributed by atoms with E-state index in [1.807, 2.05) is 60.7 Å². The Bertz CT molecular complexity index is 1110. The number of para-hydroxylation sites is 1. The topological polar surface area (TPSA) is 85.1 Å². The molecule has 0 amide bonds. The molecule has 126 valence electrons. The van der Waals surface area contributed by atoms with E-state index in [-0.39, 0.29) is 5.82 Å². The normalized spacial score (nSPS) is 10.6. The average molecular weight is 341 g/mol. The standard InChI is InChI=1S/C21H15N3O2/c1-25-15-8-6-13(7-9-15)16-11-18(24-21(23)17(16)12-22)20-10-14-4-2-3-5-19(14)26-20/h2-11H,1H3,(H2,23,24). The summed E-state index contributed by atoms with van der Waals surface area (Å²) in [6, 6.07) is 21.1. The molecule has 0 spiro atoms. The van der Waals surface area contributed by atoms with Crippen molar-refractivity contribution in [3.63, 3.8) is 0 Å². The van der Waals surface area contributed by atoms with Gasteiger partial charge in [0.1, 0.15) is 34.5 Å². The number of anilines is 1. The first-order valence-electron chi connectivity index (χ1n) is 8.03. The van der Waals surface area contributed by atoms with Gasteiger partial charge in [0.2, 0.25) is 0 Å². The minimum absolute atomic E-state index is 0.177. The van der Waals surface area contributed by atoms with Gasteiger partial charge in [0.05, 0.1) is 7.11 Å². The van der Waals surface area contributed by atoms with E-state index in [1.165, 1.54) is 0 Å². The Kier molecular flexibility index (Phi) is 3.79. The highest BCUT2D eigenvalue weighted by atomic mass is 16.5. The van der Waals surface area contributed by atoms with Gasteiger partial charge in [-0.05, 0) is 35.9 Å². The third kappa shape index (κ3) is 2.64. The smallest absolute Gasteiger partial charge is 0.153 e. The zero-order valence-corrected chi connectivity index (χ0v) is 14.1. The third-order valence-electron chi connectivity index (χ3n) is 4.24. The molecule has 4 aromatic rings. The highest BCUT2D eigenvalue weighted by Gasteiger charge is 2.16. The summed E-state index contributed by atoms with van der Waals surface area (Å²) in [5.41, 5.74) is 9.33. The lowest BCUT2D eigenvalue weighted by atomic mass is 9.99. The third-order valence-corrected chi connectivity index (χ3v) is 4.24. The number of hydrogen-bond acceptors (Lipinski definition) is 5. The SMILES string of the molecule is COc1ccc(-c2cc(-c3cc4ccccc4o3)nc(N)c2C#N)cc1. The molecular weight excluding hydrogens is 326 g/mol. The Hall–Kier alpha value is -3.78. The van der Waals surface area contributed by atoms with Crippen LogP contribution in [-0.2, 0) is 0 Å². The van der Waals surface area contributed by atoms with Crippen LogP contribution in [0.2, 0.25) is 0 Å². The molecule has 2 heterocycles. The molecule has 0 aliphatic rings.